The van der Waals surface area contributed by atoms with Gasteiger partial charge in [-0.15, -0.1) is 11.6 Å². The standard InChI is InChI=1S/C6H6Cl6/c7-3-4(6(10,11)12)1-2-5(8)9/h2,4H,1,3H2. The molecular formula is C6H6Cl6. The first-order chi connectivity index (χ1) is 5.38. The lowest BCUT2D eigenvalue weighted by molar-refractivity contribution is 0.615. The van der Waals surface area contributed by atoms with Gasteiger partial charge in [-0.05, 0) is 6.42 Å². The van der Waals surface area contributed by atoms with E-state index < -0.39 is 3.79 Å². The summed E-state index contributed by atoms with van der Waals surface area (Å²) in [7, 11) is 0. The van der Waals surface area contributed by atoms with Crippen LogP contribution in [0.25, 0.3) is 0 Å². The van der Waals surface area contributed by atoms with Crippen LogP contribution in [0.4, 0.5) is 0 Å². The van der Waals surface area contributed by atoms with E-state index in [1.54, 1.807) is 6.08 Å². The summed E-state index contributed by atoms with van der Waals surface area (Å²) < 4.78 is -1.22. The van der Waals surface area contributed by atoms with E-state index in [1.807, 2.05) is 0 Å². The van der Waals surface area contributed by atoms with Crippen LogP contribution in [0.5, 0.6) is 0 Å². The number of allylic oxidation sites excluding steroid dienone is 1. The first-order valence-electron chi connectivity index (χ1n) is 3.01. The minimum absolute atomic E-state index is 0.152. The zero-order chi connectivity index (χ0) is 9.78. The van der Waals surface area contributed by atoms with Gasteiger partial charge in [-0.3, -0.25) is 0 Å². The van der Waals surface area contributed by atoms with Gasteiger partial charge >= 0.3 is 0 Å². The van der Waals surface area contributed by atoms with E-state index in [1.165, 1.54) is 0 Å². The summed E-state index contributed by atoms with van der Waals surface area (Å²) in [6.45, 7) is 0. The van der Waals surface area contributed by atoms with Gasteiger partial charge in [0.25, 0.3) is 0 Å². The van der Waals surface area contributed by atoms with Crippen LogP contribution in [0, 0.1) is 5.92 Å². The van der Waals surface area contributed by atoms with Crippen LogP contribution in [0.2, 0.25) is 0 Å². The first-order valence-corrected chi connectivity index (χ1v) is 5.44. The second kappa shape index (κ2) is 6.06. The van der Waals surface area contributed by atoms with Crippen molar-refractivity contribution in [3.8, 4) is 0 Å². The first kappa shape index (κ1) is 13.5. The fourth-order valence-electron chi connectivity index (χ4n) is 0.515. The Hall–Kier alpha value is 1.48. The number of hydrogen-bond donors (Lipinski definition) is 0. The molecule has 72 valence electrons. The molecule has 0 saturated carbocycles. The van der Waals surface area contributed by atoms with Crippen molar-refractivity contribution in [3.05, 3.63) is 10.6 Å². The molecule has 0 fully saturated rings. The van der Waals surface area contributed by atoms with Gasteiger partial charge in [0, 0.05) is 11.8 Å². The fraction of sp³-hybridized carbons (Fsp3) is 0.667. The minimum atomic E-state index is -1.37. The van der Waals surface area contributed by atoms with Crippen molar-refractivity contribution in [1.29, 1.82) is 0 Å². The Morgan fingerprint density at radius 3 is 2.00 bits per heavy atom. The second-order valence-electron chi connectivity index (χ2n) is 2.12. The van der Waals surface area contributed by atoms with Crippen molar-refractivity contribution < 1.29 is 0 Å². The van der Waals surface area contributed by atoms with E-state index in [-0.39, 0.29) is 16.3 Å². The van der Waals surface area contributed by atoms with Crippen molar-refractivity contribution >= 4 is 69.6 Å². The molecule has 0 aromatic rings. The number of halogens is 6. The highest BCUT2D eigenvalue weighted by molar-refractivity contribution is 6.67. The summed E-state index contributed by atoms with van der Waals surface area (Å²) in [6.07, 6.45) is 2.00. The second-order valence-corrected chi connectivity index (χ2v) is 5.81. The highest BCUT2D eigenvalue weighted by Crippen LogP contribution is 2.38. The van der Waals surface area contributed by atoms with Crippen LogP contribution in [0.1, 0.15) is 6.42 Å². The highest BCUT2D eigenvalue weighted by Gasteiger charge is 2.30. The smallest absolute Gasteiger partial charge is 0.126 e. The van der Waals surface area contributed by atoms with Crippen molar-refractivity contribution in [2.24, 2.45) is 5.92 Å². The Morgan fingerprint density at radius 1 is 1.25 bits per heavy atom. The molecule has 0 bridgehead atoms. The van der Waals surface area contributed by atoms with Gasteiger partial charge < -0.3 is 0 Å². The maximum Gasteiger partial charge on any atom is 0.194 e. The van der Waals surface area contributed by atoms with E-state index in [0.717, 1.165) is 0 Å². The molecule has 0 aliphatic rings. The van der Waals surface area contributed by atoms with Gasteiger partial charge in [0.2, 0.25) is 0 Å². The normalized spacial score (nSPS) is 14.2. The summed E-state index contributed by atoms with van der Waals surface area (Å²) in [5.74, 6) is -0.0368. The molecule has 0 aliphatic heterocycles. The Kier molecular flexibility index (Phi) is 6.80. The molecule has 0 aromatic carbocycles. The average molecular weight is 291 g/mol. The van der Waals surface area contributed by atoms with Crippen LogP contribution < -0.4 is 0 Å². The predicted molar refractivity (Wildman–Crippen MR) is 58.9 cm³/mol. The Labute approximate surface area is 102 Å². The third-order valence-electron chi connectivity index (χ3n) is 1.21. The van der Waals surface area contributed by atoms with Crippen LogP contribution in [-0.4, -0.2) is 9.67 Å². The van der Waals surface area contributed by atoms with Crippen molar-refractivity contribution in [1.82, 2.24) is 0 Å². The summed E-state index contributed by atoms with van der Waals surface area (Å²) >= 11 is 33.2. The molecule has 6 heteroatoms. The van der Waals surface area contributed by atoms with Crippen LogP contribution in [-0.2, 0) is 0 Å². The highest BCUT2D eigenvalue weighted by atomic mass is 35.6. The fourth-order valence-corrected chi connectivity index (χ4v) is 1.79. The van der Waals surface area contributed by atoms with Crippen LogP contribution in [0.15, 0.2) is 10.6 Å². The number of alkyl halides is 4. The van der Waals surface area contributed by atoms with Gasteiger partial charge in [-0.2, -0.15) is 0 Å². The summed E-state index contributed by atoms with van der Waals surface area (Å²) in [6, 6.07) is 0. The van der Waals surface area contributed by atoms with Gasteiger partial charge in [0.05, 0.1) is 0 Å². The zero-order valence-corrected chi connectivity index (χ0v) is 10.4. The van der Waals surface area contributed by atoms with Gasteiger partial charge in [-0.1, -0.05) is 64.1 Å². The molecule has 0 spiro atoms. The van der Waals surface area contributed by atoms with Crippen molar-refractivity contribution in [2.75, 3.05) is 5.88 Å². The molecule has 0 rings (SSSR count). The largest absolute Gasteiger partial charge is 0.194 e. The summed E-state index contributed by atoms with van der Waals surface area (Å²) in [5, 5.41) is 0. The molecule has 0 nitrogen and oxygen atoms in total. The molecule has 1 unspecified atom stereocenters. The van der Waals surface area contributed by atoms with E-state index >= 15 is 0 Å². The van der Waals surface area contributed by atoms with Gasteiger partial charge in [0.15, 0.2) is 3.79 Å². The summed E-state index contributed by atoms with van der Waals surface area (Å²) in [5.41, 5.74) is 0. The SMILES string of the molecule is ClCC(CC=C(Cl)Cl)C(Cl)(Cl)Cl. The lowest BCUT2D eigenvalue weighted by Gasteiger charge is -2.20. The maximum atomic E-state index is 5.61. The van der Waals surface area contributed by atoms with Crippen molar-refractivity contribution in [3.63, 3.8) is 0 Å². The van der Waals surface area contributed by atoms with E-state index in [9.17, 15) is 0 Å². The van der Waals surface area contributed by atoms with Gasteiger partial charge in [-0.25, -0.2) is 0 Å². The van der Waals surface area contributed by atoms with E-state index in [2.05, 4.69) is 0 Å². The predicted octanol–water partition coefficient (Wildman–Crippen LogP) is 4.92. The maximum absolute atomic E-state index is 5.61. The molecule has 0 aliphatic carbocycles. The number of rotatable bonds is 3. The Bertz CT molecular complexity index is 154. The zero-order valence-electron chi connectivity index (χ0n) is 5.84. The van der Waals surface area contributed by atoms with E-state index in [4.69, 9.17) is 69.6 Å². The molecule has 0 amide bonds. The topological polar surface area (TPSA) is 0 Å². The minimum Gasteiger partial charge on any atom is -0.126 e. The van der Waals surface area contributed by atoms with E-state index in [0.29, 0.717) is 6.42 Å². The molecule has 0 aromatic heterocycles. The van der Waals surface area contributed by atoms with Crippen LogP contribution in [0.3, 0.4) is 0 Å². The molecule has 1 atom stereocenters. The average Bonchev–Trinajstić information content (AvgIpc) is 1.85. The summed E-state index contributed by atoms with van der Waals surface area (Å²) in [4.78, 5) is 0. The molecule has 0 N–H and O–H groups in total. The monoisotopic (exact) mass is 288 g/mol. The van der Waals surface area contributed by atoms with Gasteiger partial charge in [0.1, 0.15) is 4.49 Å². The lowest BCUT2D eigenvalue weighted by Crippen LogP contribution is -2.20. The van der Waals surface area contributed by atoms with Crippen molar-refractivity contribution in [2.45, 2.75) is 10.2 Å². The molecule has 0 heterocycles. The molecule has 0 saturated heterocycles. The third-order valence-corrected chi connectivity index (χ3v) is 2.81. The van der Waals surface area contributed by atoms with Crippen LogP contribution >= 0.6 is 69.6 Å². The number of hydrogen-bond acceptors (Lipinski definition) is 0. The molecule has 12 heavy (non-hydrogen) atoms. The quantitative estimate of drug-likeness (QED) is 0.647. The Balaban J connectivity index is 4.10. The lowest BCUT2D eigenvalue weighted by atomic mass is 10.1. The molecule has 0 radical (unpaired) electrons. The molecular weight excluding hydrogens is 285 g/mol. The third kappa shape index (κ3) is 6.01. The Morgan fingerprint density at radius 2 is 1.75 bits per heavy atom.